The lowest BCUT2D eigenvalue weighted by atomic mass is 10.1. The molecule has 140 valence electrons. The first-order valence-corrected chi connectivity index (χ1v) is 8.68. The zero-order valence-electron chi connectivity index (χ0n) is 15.9. The van der Waals surface area contributed by atoms with Crippen LogP contribution in [0.2, 0.25) is 0 Å². The molecule has 0 spiro atoms. The molecule has 2 heterocycles. The summed E-state index contributed by atoms with van der Waals surface area (Å²) in [6.07, 6.45) is 4.90. The first-order valence-electron chi connectivity index (χ1n) is 8.68. The van der Waals surface area contributed by atoms with Crippen LogP contribution in [0.15, 0.2) is 43.1 Å². The molecule has 0 aliphatic rings. The number of carbonyl (C=O) groups is 1. The monoisotopic (exact) mass is 365 g/mol. The Labute approximate surface area is 158 Å². The van der Waals surface area contributed by atoms with Crippen LogP contribution in [-0.4, -0.2) is 50.8 Å². The van der Waals surface area contributed by atoms with Gasteiger partial charge in [0.05, 0.1) is 6.54 Å². The number of hydrogen-bond acceptors (Lipinski definition) is 6. The SMILES string of the molecule is Cc1cnc(-c2cccc(C(=O)NC(C)Cn3cncn3)c2)nc1N(C)C. The number of nitrogens with zero attached hydrogens (tertiary/aromatic N) is 6. The van der Waals surface area contributed by atoms with Gasteiger partial charge in [-0.1, -0.05) is 12.1 Å². The van der Waals surface area contributed by atoms with Crippen LogP contribution in [-0.2, 0) is 6.54 Å². The van der Waals surface area contributed by atoms with Gasteiger partial charge in [-0.3, -0.25) is 9.48 Å². The summed E-state index contributed by atoms with van der Waals surface area (Å²) >= 11 is 0. The average molecular weight is 365 g/mol. The second-order valence-electron chi connectivity index (χ2n) is 6.67. The summed E-state index contributed by atoms with van der Waals surface area (Å²) in [4.78, 5) is 27.5. The highest BCUT2D eigenvalue weighted by Crippen LogP contribution is 2.21. The average Bonchev–Trinajstić information content (AvgIpc) is 3.14. The summed E-state index contributed by atoms with van der Waals surface area (Å²) in [6, 6.07) is 7.24. The van der Waals surface area contributed by atoms with Crippen molar-refractivity contribution in [3.05, 3.63) is 54.2 Å². The third kappa shape index (κ3) is 4.46. The van der Waals surface area contributed by atoms with Gasteiger partial charge in [-0.05, 0) is 26.0 Å². The molecule has 8 nitrogen and oxygen atoms in total. The van der Waals surface area contributed by atoms with Crippen LogP contribution in [0.3, 0.4) is 0 Å². The molecular formula is C19H23N7O. The number of anilines is 1. The lowest BCUT2D eigenvalue weighted by Crippen LogP contribution is -2.35. The third-order valence-electron chi connectivity index (χ3n) is 4.06. The highest BCUT2D eigenvalue weighted by molar-refractivity contribution is 5.95. The number of nitrogens with one attached hydrogen (secondary N) is 1. The van der Waals surface area contributed by atoms with E-state index in [1.54, 1.807) is 23.3 Å². The molecule has 0 fully saturated rings. The number of aromatic nitrogens is 5. The van der Waals surface area contributed by atoms with Crippen molar-refractivity contribution in [2.24, 2.45) is 0 Å². The van der Waals surface area contributed by atoms with E-state index in [2.05, 4.69) is 25.4 Å². The standard InChI is InChI=1S/C19H23N7O/c1-13-9-21-17(24-18(13)25(3)4)15-6-5-7-16(8-15)19(27)23-14(2)10-26-12-20-11-22-26/h5-9,11-12,14H,10H2,1-4H3,(H,23,27). The van der Waals surface area contributed by atoms with Crippen molar-refractivity contribution in [3.63, 3.8) is 0 Å². The van der Waals surface area contributed by atoms with Crippen LogP contribution < -0.4 is 10.2 Å². The van der Waals surface area contributed by atoms with Gasteiger partial charge in [-0.2, -0.15) is 5.10 Å². The van der Waals surface area contributed by atoms with Gasteiger partial charge >= 0.3 is 0 Å². The molecule has 27 heavy (non-hydrogen) atoms. The summed E-state index contributed by atoms with van der Waals surface area (Å²) in [6.45, 7) is 4.45. The van der Waals surface area contributed by atoms with Crippen molar-refractivity contribution < 1.29 is 4.79 Å². The van der Waals surface area contributed by atoms with Gasteiger partial charge in [0.1, 0.15) is 18.5 Å². The molecule has 1 unspecified atom stereocenters. The summed E-state index contributed by atoms with van der Waals surface area (Å²) in [5.74, 6) is 1.30. The number of carbonyl (C=O) groups excluding carboxylic acids is 1. The molecule has 8 heteroatoms. The second kappa shape index (κ2) is 7.94. The Hall–Kier alpha value is -3.29. The minimum Gasteiger partial charge on any atom is -0.362 e. The fourth-order valence-corrected chi connectivity index (χ4v) is 2.78. The van der Waals surface area contributed by atoms with E-state index < -0.39 is 0 Å². The molecule has 0 aliphatic carbocycles. The van der Waals surface area contributed by atoms with Gasteiger partial charge in [-0.25, -0.2) is 15.0 Å². The maximum absolute atomic E-state index is 12.6. The molecule has 0 saturated carbocycles. The molecule has 0 saturated heterocycles. The Bertz CT molecular complexity index is 922. The largest absolute Gasteiger partial charge is 0.362 e. The van der Waals surface area contributed by atoms with Crippen molar-refractivity contribution in [2.75, 3.05) is 19.0 Å². The Morgan fingerprint density at radius 2 is 2.15 bits per heavy atom. The summed E-state index contributed by atoms with van der Waals surface area (Å²) in [5.41, 5.74) is 2.36. The van der Waals surface area contributed by atoms with Crippen LogP contribution >= 0.6 is 0 Å². The van der Waals surface area contributed by atoms with Crippen molar-refractivity contribution in [1.82, 2.24) is 30.0 Å². The Morgan fingerprint density at radius 1 is 1.33 bits per heavy atom. The lowest BCUT2D eigenvalue weighted by Gasteiger charge is -2.15. The van der Waals surface area contributed by atoms with Crippen LogP contribution in [0.1, 0.15) is 22.8 Å². The maximum Gasteiger partial charge on any atom is 0.251 e. The van der Waals surface area contributed by atoms with E-state index in [1.807, 2.05) is 51.0 Å². The molecule has 1 N–H and O–H groups in total. The van der Waals surface area contributed by atoms with Gasteiger partial charge in [-0.15, -0.1) is 0 Å². The van der Waals surface area contributed by atoms with Crippen molar-refractivity contribution in [2.45, 2.75) is 26.4 Å². The molecule has 3 aromatic rings. The van der Waals surface area contributed by atoms with Crippen molar-refractivity contribution in [1.29, 1.82) is 0 Å². The molecule has 0 radical (unpaired) electrons. The second-order valence-corrected chi connectivity index (χ2v) is 6.67. The van der Waals surface area contributed by atoms with Gasteiger partial charge in [0.2, 0.25) is 0 Å². The van der Waals surface area contributed by atoms with Gasteiger partial charge < -0.3 is 10.2 Å². The van der Waals surface area contributed by atoms with Gasteiger partial charge in [0.25, 0.3) is 5.91 Å². The number of benzene rings is 1. The molecule has 3 rings (SSSR count). The van der Waals surface area contributed by atoms with E-state index in [1.165, 1.54) is 6.33 Å². The first-order chi connectivity index (χ1) is 12.9. The number of aryl methyl sites for hydroxylation is 1. The number of amides is 1. The van der Waals surface area contributed by atoms with E-state index >= 15 is 0 Å². The Morgan fingerprint density at radius 3 is 2.85 bits per heavy atom. The predicted molar refractivity (Wildman–Crippen MR) is 103 cm³/mol. The van der Waals surface area contributed by atoms with E-state index in [0.29, 0.717) is 17.9 Å². The zero-order valence-corrected chi connectivity index (χ0v) is 15.9. The summed E-state index contributed by atoms with van der Waals surface area (Å²) in [5, 5.41) is 7.03. The molecule has 1 atom stereocenters. The summed E-state index contributed by atoms with van der Waals surface area (Å²) < 4.78 is 1.68. The van der Waals surface area contributed by atoms with Crippen LogP contribution in [0, 0.1) is 6.92 Å². The minimum absolute atomic E-state index is 0.0844. The smallest absolute Gasteiger partial charge is 0.251 e. The van der Waals surface area contributed by atoms with Crippen LogP contribution in [0.5, 0.6) is 0 Å². The van der Waals surface area contributed by atoms with Crippen molar-refractivity contribution >= 4 is 11.7 Å². The van der Waals surface area contributed by atoms with Crippen LogP contribution in [0.25, 0.3) is 11.4 Å². The van der Waals surface area contributed by atoms with E-state index in [9.17, 15) is 4.79 Å². The normalized spacial score (nSPS) is 11.9. The van der Waals surface area contributed by atoms with E-state index in [-0.39, 0.29) is 11.9 Å². The third-order valence-corrected chi connectivity index (χ3v) is 4.06. The van der Waals surface area contributed by atoms with Gasteiger partial charge in [0, 0.05) is 43.0 Å². The first kappa shape index (κ1) is 18.5. The zero-order chi connectivity index (χ0) is 19.4. The Balaban J connectivity index is 1.77. The highest BCUT2D eigenvalue weighted by Gasteiger charge is 2.13. The molecule has 2 aromatic heterocycles. The van der Waals surface area contributed by atoms with E-state index in [0.717, 1.165) is 16.9 Å². The number of rotatable bonds is 6. The van der Waals surface area contributed by atoms with Crippen molar-refractivity contribution in [3.8, 4) is 11.4 Å². The molecule has 1 amide bonds. The topological polar surface area (TPSA) is 88.8 Å². The highest BCUT2D eigenvalue weighted by atomic mass is 16.1. The fraction of sp³-hybridized carbons (Fsp3) is 0.316. The minimum atomic E-state index is -0.149. The van der Waals surface area contributed by atoms with Gasteiger partial charge in [0.15, 0.2) is 5.82 Å². The number of hydrogen-bond donors (Lipinski definition) is 1. The van der Waals surface area contributed by atoms with E-state index in [4.69, 9.17) is 0 Å². The lowest BCUT2D eigenvalue weighted by molar-refractivity contribution is 0.0936. The fourth-order valence-electron chi connectivity index (χ4n) is 2.78. The molecular weight excluding hydrogens is 342 g/mol. The summed E-state index contributed by atoms with van der Waals surface area (Å²) in [7, 11) is 3.89. The molecule has 0 aliphatic heterocycles. The van der Waals surface area contributed by atoms with Crippen LogP contribution in [0.4, 0.5) is 5.82 Å². The quantitative estimate of drug-likeness (QED) is 0.718. The predicted octanol–water partition coefficient (Wildman–Crippen LogP) is 1.93. The molecule has 1 aromatic carbocycles. The molecule has 0 bridgehead atoms. The maximum atomic E-state index is 12.6. The Kier molecular flexibility index (Phi) is 5.44.